The van der Waals surface area contributed by atoms with Crippen molar-refractivity contribution >= 4 is 18.3 Å². The van der Waals surface area contributed by atoms with Gasteiger partial charge in [0.15, 0.2) is 0 Å². The quantitative estimate of drug-likeness (QED) is 0.895. The summed E-state index contributed by atoms with van der Waals surface area (Å²) in [5, 5.41) is 3.03. The molecule has 116 valence electrons. The molecule has 0 aromatic heterocycles. The van der Waals surface area contributed by atoms with Crippen LogP contribution in [0.15, 0.2) is 24.3 Å². The highest BCUT2D eigenvalue weighted by Gasteiger charge is 2.48. The molecule has 1 amide bonds. The monoisotopic (exact) mass is 310 g/mol. The Bertz CT molecular complexity index is 507. The van der Waals surface area contributed by atoms with E-state index < -0.39 is 0 Å². The number of hydrogen-bond donors (Lipinski definition) is 2. The Morgan fingerprint density at radius 1 is 1.38 bits per heavy atom. The summed E-state index contributed by atoms with van der Waals surface area (Å²) in [5.41, 5.74) is 7.25. The van der Waals surface area contributed by atoms with E-state index in [4.69, 9.17) is 10.5 Å². The number of rotatable bonds is 4. The van der Waals surface area contributed by atoms with Crippen molar-refractivity contribution in [2.45, 2.75) is 31.8 Å². The van der Waals surface area contributed by atoms with Crippen molar-refractivity contribution in [3.05, 3.63) is 29.8 Å². The molecule has 2 aliphatic rings. The zero-order valence-corrected chi connectivity index (χ0v) is 13.1. The maximum absolute atomic E-state index is 12.4. The molecule has 2 bridgehead atoms. The summed E-state index contributed by atoms with van der Waals surface area (Å²) in [6.45, 7) is 0.538. The second kappa shape index (κ2) is 6.67. The molecule has 0 radical (unpaired) electrons. The van der Waals surface area contributed by atoms with E-state index in [0.29, 0.717) is 18.4 Å². The first-order valence-corrected chi connectivity index (χ1v) is 7.35. The van der Waals surface area contributed by atoms with Crippen molar-refractivity contribution in [1.82, 2.24) is 5.32 Å². The van der Waals surface area contributed by atoms with Gasteiger partial charge in [0.1, 0.15) is 5.75 Å². The van der Waals surface area contributed by atoms with E-state index in [1.54, 1.807) is 7.11 Å². The second-order valence-corrected chi connectivity index (χ2v) is 6.01. The number of fused-ring (bicyclic) bond motifs is 2. The standard InChI is InChI=1S/C16H22N2O2.ClH/c1-20-13-4-2-3-10(7-13)9-18-16(19)14-11-5-6-12(8-11)15(14)17;/h2-4,7,11-12,14-15H,5-6,8-9,17H2,1H3,(H,18,19);1H. The maximum atomic E-state index is 12.4. The van der Waals surface area contributed by atoms with Crippen LogP contribution in [0.2, 0.25) is 0 Å². The smallest absolute Gasteiger partial charge is 0.225 e. The number of halogens is 1. The van der Waals surface area contributed by atoms with Gasteiger partial charge in [0.2, 0.25) is 5.91 Å². The van der Waals surface area contributed by atoms with Gasteiger partial charge in [-0.2, -0.15) is 0 Å². The van der Waals surface area contributed by atoms with Gasteiger partial charge in [-0.3, -0.25) is 4.79 Å². The number of methoxy groups -OCH3 is 1. The van der Waals surface area contributed by atoms with Gasteiger partial charge < -0.3 is 15.8 Å². The lowest BCUT2D eigenvalue weighted by Crippen LogP contribution is -2.45. The SMILES string of the molecule is COc1cccc(CNC(=O)C2C3CCC(C3)C2N)c1.Cl. The molecule has 3 rings (SSSR count). The Kier molecular flexibility index (Phi) is 5.12. The topological polar surface area (TPSA) is 64.3 Å². The van der Waals surface area contributed by atoms with Crippen LogP contribution in [-0.4, -0.2) is 19.1 Å². The predicted molar refractivity (Wildman–Crippen MR) is 84.4 cm³/mol. The minimum absolute atomic E-state index is 0. The Morgan fingerprint density at radius 3 is 2.81 bits per heavy atom. The molecule has 0 heterocycles. The van der Waals surface area contributed by atoms with E-state index in [0.717, 1.165) is 24.2 Å². The van der Waals surface area contributed by atoms with Crippen LogP contribution >= 0.6 is 12.4 Å². The lowest BCUT2D eigenvalue weighted by atomic mass is 9.84. The van der Waals surface area contributed by atoms with Crippen molar-refractivity contribution in [2.75, 3.05) is 7.11 Å². The molecule has 4 atom stereocenters. The highest BCUT2D eigenvalue weighted by molar-refractivity contribution is 5.85. The molecule has 2 fully saturated rings. The fourth-order valence-corrected chi connectivity index (χ4v) is 3.81. The van der Waals surface area contributed by atoms with Gasteiger partial charge in [0.05, 0.1) is 13.0 Å². The summed E-state index contributed by atoms with van der Waals surface area (Å²) in [7, 11) is 1.64. The summed E-state index contributed by atoms with van der Waals surface area (Å²) in [6.07, 6.45) is 3.50. The average Bonchev–Trinajstić information content (AvgIpc) is 3.06. The Labute approximate surface area is 131 Å². The van der Waals surface area contributed by atoms with Gasteiger partial charge in [-0.15, -0.1) is 12.4 Å². The van der Waals surface area contributed by atoms with Crippen molar-refractivity contribution in [2.24, 2.45) is 23.5 Å². The number of nitrogens with two attached hydrogens (primary N) is 1. The van der Waals surface area contributed by atoms with E-state index >= 15 is 0 Å². The van der Waals surface area contributed by atoms with Gasteiger partial charge in [-0.25, -0.2) is 0 Å². The van der Waals surface area contributed by atoms with E-state index in [2.05, 4.69) is 5.32 Å². The lowest BCUT2D eigenvalue weighted by molar-refractivity contribution is -0.127. The molecule has 2 aliphatic carbocycles. The summed E-state index contributed by atoms with van der Waals surface area (Å²) in [5.74, 6) is 2.01. The normalized spacial score (nSPS) is 29.8. The van der Waals surface area contributed by atoms with Gasteiger partial charge in [-0.1, -0.05) is 12.1 Å². The molecular formula is C16H23ClN2O2. The minimum Gasteiger partial charge on any atom is -0.497 e. The van der Waals surface area contributed by atoms with E-state index in [-0.39, 0.29) is 30.3 Å². The van der Waals surface area contributed by atoms with Crippen molar-refractivity contribution in [1.29, 1.82) is 0 Å². The third-order valence-electron chi connectivity index (χ3n) is 4.88. The van der Waals surface area contributed by atoms with Crippen LogP contribution in [0.3, 0.4) is 0 Å². The number of nitrogens with one attached hydrogen (secondary N) is 1. The largest absolute Gasteiger partial charge is 0.497 e. The number of hydrogen-bond acceptors (Lipinski definition) is 3. The Hall–Kier alpha value is -1.26. The number of benzene rings is 1. The maximum Gasteiger partial charge on any atom is 0.225 e. The average molecular weight is 311 g/mol. The molecule has 0 spiro atoms. The van der Waals surface area contributed by atoms with Crippen LogP contribution in [-0.2, 0) is 11.3 Å². The number of carbonyl (C=O) groups is 1. The molecule has 2 saturated carbocycles. The molecule has 5 heteroatoms. The van der Waals surface area contributed by atoms with E-state index in [9.17, 15) is 4.79 Å². The highest BCUT2D eigenvalue weighted by atomic mass is 35.5. The van der Waals surface area contributed by atoms with Gasteiger partial charge in [-0.05, 0) is 48.8 Å². The zero-order valence-electron chi connectivity index (χ0n) is 12.2. The Morgan fingerprint density at radius 2 is 2.14 bits per heavy atom. The molecular weight excluding hydrogens is 288 g/mol. The summed E-state index contributed by atoms with van der Waals surface area (Å²) in [6, 6.07) is 7.82. The fourth-order valence-electron chi connectivity index (χ4n) is 3.81. The fraction of sp³-hybridized carbons (Fsp3) is 0.562. The number of ether oxygens (including phenoxy) is 1. The molecule has 0 saturated heterocycles. The van der Waals surface area contributed by atoms with Crippen LogP contribution < -0.4 is 15.8 Å². The second-order valence-electron chi connectivity index (χ2n) is 6.01. The molecule has 4 unspecified atom stereocenters. The summed E-state index contributed by atoms with van der Waals surface area (Å²) in [4.78, 5) is 12.4. The van der Waals surface area contributed by atoms with Crippen LogP contribution in [0.25, 0.3) is 0 Å². The molecule has 4 nitrogen and oxygen atoms in total. The third kappa shape index (κ3) is 3.16. The van der Waals surface area contributed by atoms with Crippen molar-refractivity contribution < 1.29 is 9.53 Å². The first-order valence-electron chi connectivity index (χ1n) is 7.35. The lowest BCUT2D eigenvalue weighted by Gasteiger charge is -2.27. The predicted octanol–water partition coefficient (Wildman–Crippen LogP) is 2.11. The van der Waals surface area contributed by atoms with Gasteiger partial charge >= 0.3 is 0 Å². The molecule has 21 heavy (non-hydrogen) atoms. The number of carbonyl (C=O) groups excluding carboxylic acids is 1. The summed E-state index contributed by atoms with van der Waals surface area (Å²) < 4.78 is 5.19. The zero-order chi connectivity index (χ0) is 14.1. The van der Waals surface area contributed by atoms with Gasteiger partial charge in [0, 0.05) is 12.6 Å². The number of amides is 1. The molecule has 1 aromatic rings. The van der Waals surface area contributed by atoms with Gasteiger partial charge in [0.25, 0.3) is 0 Å². The van der Waals surface area contributed by atoms with Crippen LogP contribution in [0.5, 0.6) is 5.75 Å². The molecule has 0 aliphatic heterocycles. The van der Waals surface area contributed by atoms with Crippen molar-refractivity contribution in [3.63, 3.8) is 0 Å². The van der Waals surface area contributed by atoms with Crippen LogP contribution in [0.1, 0.15) is 24.8 Å². The van der Waals surface area contributed by atoms with Crippen LogP contribution in [0, 0.1) is 17.8 Å². The van der Waals surface area contributed by atoms with Crippen molar-refractivity contribution in [3.8, 4) is 5.75 Å². The van der Waals surface area contributed by atoms with Crippen LogP contribution in [0.4, 0.5) is 0 Å². The third-order valence-corrected chi connectivity index (χ3v) is 4.88. The Balaban J connectivity index is 0.00000161. The minimum atomic E-state index is 0. The molecule has 1 aromatic carbocycles. The van der Waals surface area contributed by atoms with E-state index in [1.165, 1.54) is 6.42 Å². The first kappa shape index (κ1) is 16.1. The molecule has 3 N–H and O–H groups in total. The van der Waals surface area contributed by atoms with E-state index in [1.807, 2.05) is 24.3 Å². The first-order chi connectivity index (χ1) is 9.69. The summed E-state index contributed by atoms with van der Waals surface area (Å²) >= 11 is 0. The highest BCUT2D eigenvalue weighted by Crippen LogP contribution is 2.47.